The second kappa shape index (κ2) is 3.53. The van der Waals surface area contributed by atoms with E-state index in [1.807, 2.05) is 36.4 Å². The van der Waals surface area contributed by atoms with Crippen LogP contribution in [0.2, 0.25) is 0 Å². The van der Waals surface area contributed by atoms with Gasteiger partial charge in [0.2, 0.25) is 0 Å². The lowest BCUT2D eigenvalue weighted by Gasteiger charge is -2.04. The average Bonchev–Trinajstić information content (AvgIpc) is 2.73. The van der Waals surface area contributed by atoms with Gasteiger partial charge in [-0.2, -0.15) is 0 Å². The summed E-state index contributed by atoms with van der Waals surface area (Å²) in [5, 5.41) is 2.39. The molecule has 0 radical (unpaired) electrons. The largest absolute Gasteiger partial charge is 0.249 e. The molecule has 0 spiro atoms. The van der Waals surface area contributed by atoms with Crippen molar-refractivity contribution in [2.45, 2.75) is 9.79 Å². The van der Waals surface area contributed by atoms with E-state index < -0.39 is 10.8 Å². The van der Waals surface area contributed by atoms with Crippen molar-refractivity contribution in [2.24, 2.45) is 0 Å². The van der Waals surface area contributed by atoms with E-state index >= 15 is 0 Å². The summed E-state index contributed by atoms with van der Waals surface area (Å²) in [6, 6.07) is 20.3. The number of hydrogen-bond donors (Lipinski definition) is 0. The van der Waals surface area contributed by atoms with Crippen molar-refractivity contribution in [1.29, 1.82) is 0 Å². The Morgan fingerprint density at radius 3 is 2.44 bits per heavy atom. The molecular formula is C16H10OS. The molecule has 2 heteroatoms. The fraction of sp³-hybridized carbons (Fsp3) is 0. The first-order valence-corrected chi connectivity index (χ1v) is 7.04. The van der Waals surface area contributed by atoms with Gasteiger partial charge >= 0.3 is 0 Å². The topological polar surface area (TPSA) is 17.1 Å². The highest BCUT2D eigenvalue weighted by Crippen LogP contribution is 2.44. The molecule has 0 aromatic heterocycles. The Labute approximate surface area is 108 Å². The maximum atomic E-state index is 12.4. The van der Waals surface area contributed by atoms with Crippen LogP contribution in [-0.2, 0) is 10.8 Å². The summed E-state index contributed by atoms with van der Waals surface area (Å²) in [4.78, 5) is 1.87. The molecule has 0 amide bonds. The van der Waals surface area contributed by atoms with Crippen LogP contribution in [-0.4, -0.2) is 4.21 Å². The minimum Gasteiger partial charge on any atom is -0.249 e. The maximum Gasteiger partial charge on any atom is 0.0862 e. The van der Waals surface area contributed by atoms with Gasteiger partial charge < -0.3 is 0 Å². The molecule has 0 saturated heterocycles. The molecule has 3 aromatic carbocycles. The highest BCUT2D eigenvalue weighted by molar-refractivity contribution is 7.85. The van der Waals surface area contributed by atoms with Crippen LogP contribution in [0, 0.1) is 0 Å². The zero-order chi connectivity index (χ0) is 12.1. The summed E-state index contributed by atoms with van der Waals surface area (Å²) in [6.45, 7) is 0. The molecule has 1 aliphatic heterocycles. The molecular weight excluding hydrogens is 240 g/mol. The Balaban J connectivity index is 2.23. The minimum atomic E-state index is -1.03. The highest BCUT2D eigenvalue weighted by Gasteiger charge is 2.26. The Bertz CT molecular complexity index is 805. The maximum absolute atomic E-state index is 12.4. The highest BCUT2D eigenvalue weighted by atomic mass is 32.2. The van der Waals surface area contributed by atoms with Crippen LogP contribution < -0.4 is 0 Å². The van der Waals surface area contributed by atoms with Crippen molar-refractivity contribution in [3.05, 3.63) is 60.7 Å². The fourth-order valence-corrected chi connectivity index (χ4v) is 4.04. The van der Waals surface area contributed by atoms with Crippen LogP contribution in [0.25, 0.3) is 21.9 Å². The number of rotatable bonds is 0. The molecule has 1 heterocycles. The average molecular weight is 250 g/mol. The van der Waals surface area contributed by atoms with Gasteiger partial charge in [0.1, 0.15) is 0 Å². The zero-order valence-corrected chi connectivity index (χ0v) is 10.4. The van der Waals surface area contributed by atoms with Gasteiger partial charge in [0, 0.05) is 11.1 Å². The lowest BCUT2D eigenvalue weighted by atomic mass is 9.98. The Kier molecular flexibility index (Phi) is 1.97. The van der Waals surface area contributed by atoms with Gasteiger partial charge in [0.25, 0.3) is 0 Å². The van der Waals surface area contributed by atoms with Crippen LogP contribution in [0.1, 0.15) is 0 Å². The van der Waals surface area contributed by atoms with E-state index in [1.165, 1.54) is 10.8 Å². The van der Waals surface area contributed by atoms with Gasteiger partial charge in [-0.1, -0.05) is 48.5 Å². The number of benzene rings is 3. The van der Waals surface area contributed by atoms with E-state index in [9.17, 15) is 4.21 Å². The summed E-state index contributed by atoms with van der Waals surface area (Å²) < 4.78 is 12.4. The molecule has 0 aliphatic carbocycles. The third-order valence-electron chi connectivity index (χ3n) is 3.45. The SMILES string of the molecule is O=S1c2ccccc2-c2c1ccc1ccccc21. The van der Waals surface area contributed by atoms with Crippen molar-refractivity contribution in [2.75, 3.05) is 0 Å². The summed E-state index contributed by atoms with van der Waals surface area (Å²) in [6.07, 6.45) is 0. The molecule has 4 rings (SSSR count). The lowest BCUT2D eigenvalue weighted by molar-refractivity contribution is 0.685. The van der Waals surface area contributed by atoms with Crippen LogP contribution in [0.3, 0.4) is 0 Å². The van der Waals surface area contributed by atoms with Gasteiger partial charge in [-0.05, 0) is 22.9 Å². The predicted octanol–water partition coefficient (Wildman–Crippen LogP) is 3.99. The van der Waals surface area contributed by atoms with Crippen LogP contribution >= 0.6 is 0 Å². The first kappa shape index (κ1) is 10.0. The summed E-state index contributed by atoms with van der Waals surface area (Å²) in [5.74, 6) is 0. The van der Waals surface area contributed by atoms with E-state index in [0.29, 0.717) is 0 Å². The van der Waals surface area contributed by atoms with Crippen LogP contribution in [0.15, 0.2) is 70.5 Å². The van der Waals surface area contributed by atoms with Crippen molar-refractivity contribution < 1.29 is 4.21 Å². The number of fused-ring (bicyclic) bond motifs is 5. The Hall–Kier alpha value is -1.93. The number of hydrogen-bond acceptors (Lipinski definition) is 1. The molecule has 3 aromatic rings. The molecule has 1 atom stereocenters. The fourth-order valence-electron chi connectivity index (χ4n) is 2.64. The monoisotopic (exact) mass is 250 g/mol. The first-order valence-electron chi connectivity index (χ1n) is 5.89. The molecule has 0 saturated carbocycles. The minimum absolute atomic E-state index is 0.934. The molecule has 0 bridgehead atoms. The Morgan fingerprint density at radius 1 is 0.722 bits per heavy atom. The van der Waals surface area contributed by atoms with Gasteiger partial charge in [-0.25, -0.2) is 4.21 Å². The second-order valence-corrected chi connectivity index (χ2v) is 5.84. The first-order chi connectivity index (χ1) is 8.86. The third-order valence-corrected chi connectivity index (χ3v) is 4.94. The van der Waals surface area contributed by atoms with E-state index in [2.05, 4.69) is 24.3 Å². The van der Waals surface area contributed by atoms with Gasteiger partial charge in [-0.15, -0.1) is 0 Å². The molecule has 86 valence electrons. The molecule has 1 nitrogen and oxygen atoms in total. The Morgan fingerprint density at radius 2 is 1.50 bits per heavy atom. The van der Waals surface area contributed by atoms with E-state index in [1.54, 1.807) is 0 Å². The molecule has 0 fully saturated rings. The van der Waals surface area contributed by atoms with Crippen molar-refractivity contribution >= 4 is 21.6 Å². The quantitative estimate of drug-likeness (QED) is 0.461. The third kappa shape index (κ3) is 1.18. The normalized spacial score (nSPS) is 16.6. The molecule has 18 heavy (non-hydrogen) atoms. The summed E-state index contributed by atoms with van der Waals surface area (Å²) >= 11 is 0. The molecule has 1 aliphatic rings. The van der Waals surface area contributed by atoms with Crippen molar-refractivity contribution in [3.8, 4) is 11.1 Å². The van der Waals surface area contributed by atoms with Gasteiger partial charge in [-0.3, -0.25) is 0 Å². The van der Waals surface area contributed by atoms with Gasteiger partial charge in [0.05, 0.1) is 20.6 Å². The standard InChI is InChI=1S/C16H10OS/c17-18-14-8-4-3-7-13(14)16-12-6-2-1-5-11(12)9-10-15(16)18/h1-10H. The summed E-state index contributed by atoms with van der Waals surface area (Å²) in [5.41, 5.74) is 2.25. The lowest BCUT2D eigenvalue weighted by Crippen LogP contribution is -1.85. The smallest absolute Gasteiger partial charge is 0.0862 e. The zero-order valence-electron chi connectivity index (χ0n) is 9.59. The molecule has 1 unspecified atom stereocenters. The second-order valence-electron chi connectivity index (χ2n) is 4.42. The predicted molar refractivity (Wildman–Crippen MR) is 74.1 cm³/mol. The van der Waals surface area contributed by atoms with E-state index in [4.69, 9.17) is 0 Å². The van der Waals surface area contributed by atoms with E-state index in [0.717, 1.165) is 20.9 Å². The van der Waals surface area contributed by atoms with Crippen LogP contribution in [0.5, 0.6) is 0 Å². The van der Waals surface area contributed by atoms with E-state index in [-0.39, 0.29) is 0 Å². The van der Waals surface area contributed by atoms with Crippen molar-refractivity contribution in [3.63, 3.8) is 0 Å². The van der Waals surface area contributed by atoms with Crippen molar-refractivity contribution in [1.82, 2.24) is 0 Å². The molecule has 0 N–H and O–H groups in total. The van der Waals surface area contributed by atoms with Crippen LogP contribution in [0.4, 0.5) is 0 Å². The van der Waals surface area contributed by atoms with Gasteiger partial charge in [0.15, 0.2) is 0 Å². The summed E-state index contributed by atoms with van der Waals surface area (Å²) in [7, 11) is -1.03.